The van der Waals surface area contributed by atoms with E-state index in [1.165, 1.54) is 0 Å². The fourth-order valence-corrected chi connectivity index (χ4v) is 1.66. The van der Waals surface area contributed by atoms with Gasteiger partial charge in [0.25, 0.3) is 0 Å². The van der Waals surface area contributed by atoms with Crippen molar-refractivity contribution in [3.63, 3.8) is 0 Å². The summed E-state index contributed by atoms with van der Waals surface area (Å²) in [6.45, 7) is 9.46. The molecular formula is C12H22N2O. The van der Waals surface area contributed by atoms with Crippen LogP contribution in [0.3, 0.4) is 0 Å². The molecule has 1 aromatic heterocycles. The van der Waals surface area contributed by atoms with Crippen LogP contribution in [0.25, 0.3) is 0 Å². The maximum absolute atomic E-state index is 5.53. The topological polar surface area (TPSA) is 38.1 Å². The first kappa shape index (κ1) is 12.2. The number of nitrogens with zero attached hydrogens (tertiary/aromatic N) is 1. The Hall–Kier alpha value is -0.830. The van der Waals surface area contributed by atoms with E-state index in [0.29, 0.717) is 12.0 Å². The van der Waals surface area contributed by atoms with Gasteiger partial charge in [-0.05, 0) is 12.3 Å². The predicted molar refractivity (Wildman–Crippen MR) is 61.6 cm³/mol. The molecule has 0 aliphatic heterocycles. The molecular weight excluding hydrogens is 188 g/mol. The quantitative estimate of drug-likeness (QED) is 0.784. The van der Waals surface area contributed by atoms with E-state index in [1.54, 1.807) is 0 Å². The second-order valence-corrected chi connectivity index (χ2v) is 4.21. The van der Waals surface area contributed by atoms with E-state index >= 15 is 0 Å². The lowest BCUT2D eigenvalue weighted by molar-refractivity contribution is 0.356. The molecule has 1 rings (SSSR count). The Labute approximate surface area is 92.3 Å². The van der Waals surface area contributed by atoms with Gasteiger partial charge in [-0.3, -0.25) is 0 Å². The molecule has 3 nitrogen and oxygen atoms in total. The molecule has 1 unspecified atom stereocenters. The molecule has 0 fully saturated rings. The van der Waals surface area contributed by atoms with Crippen molar-refractivity contribution >= 4 is 0 Å². The Bertz CT molecular complexity index is 281. The zero-order chi connectivity index (χ0) is 11.3. The van der Waals surface area contributed by atoms with Gasteiger partial charge in [0.2, 0.25) is 5.89 Å². The SMILES string of the molecule is CCc1cnc(CNC(CC)C(C)C)o1. The third kappa shape index (κ3) is 3.67. The van der Waals surface area contributed by atoms with Gasteiger partial charge in [-0.2, -0.15) is 0 Å². The van der Waals surface area contributed by atoms with E-state index < -0.39 is 0 Å². The highest BCUT2D eigenvalue weighted by Gasteiger charge is 2.11. The van der Waals surface area contributed by atoms with Crippen molar-refractivity contribution < 1.29 is 4.42 Å². The molecule has 0 spiro atoms. The second kappa shape index (κ2) is 5.91. The van der Waals surface area contributed by atoms with Crippen LogP contribution >= 0.6 is 0 Å². The van der Waals surface area contributed by atoms with Crippen molar-refractivity contribution in [1.82, 2.24) is 10.3 Å². The molecule has 1 heterocycles. The highest BCUT2D eigenvalue weighted by atomic mass is 16.4. The summed E-state index contributed by atoms with van der Waals surface area (Å²) < 4.78 is 5.53. The smallest absolute Gasteiger partial charge is 0.208 e. The average molecular weight is 210 g/mol. The van der Waals surface area contributed by atoms with Crippen molar-refractivity contribution in [2.24, 2.45) is 5.92 Å². The first-order chi connectivity index (χ1) is 7.17. The Kier molecular flexibility index (Phi) is 4.82. The summed E-state index contributed by atoms with van der Waals surface area (Å²) >= 11 is 0. The van der Waals surface area contributed by atoms with Crippen LogP contribution in [0.2, 0.25) is 0 Å². The van der Waals surface area contributed by atoms with Crippen molar-refractivity contribution in [1.29, 1.82) is 0 Å². The van der Waals surface area contributed by atoms with Gasteiger partial charge in [0.05, 0.1) is 12.7 Å². The average Bonchev–Trinajstić information content (AvgIpc) is 2.66. The molecule has 1 N–H and O–H groups in total. The summed E-state index contributed by atoms with van der Waals surface area (Å²) in [6, 6.07) is 0.543. The van der Waals surface area contributed by atoms with Crippen LogP contribution in [0.5, 0.6) is 0 Å². The molecule has 0 aliphatic rings. The van der Waals surface area contributed by atoms with Crippen molar-refractivity contribution in [2.45, 2.75) is 53.1 Å². The normalized spacial score (nSPS) is 13.4. The van der Waals surface area contributed by atoms with Crippen molar-refractivity contribution in [2.75, 3.05) is 0 Å². The molecule has 0 bridgehead atoms. The largest absolute Gasteiger partial charge is 0.444 e. The van der Waals surface area contributed by atoms with Gasteiger partial charge in [-0.15, -0.1) is 0 Å². The van der Waals surface area contributed by atoms with Crippen LogP contribution in [0.1, 0.15) is 45.8 Å². The molecule has 0 saturated heterocycles. The molecule has 0 aromatic carbocycles. The standard InChI is InChI=1S/C12H22N2O/c1-5-10-7-14-12(15-10)8-13-11(6-2)9(3)4/h7,9,11,13H,5-6,8H2,1-4H3. The maximum atomic E-state index is 5.53. The Balaban J connectivity index is 2.41. The van der Waals surface area contributed by atoms with Gasteiger partial charge in [-0.25, -0.2) is 4.98 Å². The van der Waals surface area contributed by atoms with Crippen LogP contribution in [0.15, 0.2) is 10.6 Å². The molecule has 1 aromatic rings. The van der Waals surface area contributed by atoms with E-state index in [4.69, 9.17) is 4.42 Å². The molecule has 0 aliphatic carbocycles. The third-order valence-electron chi connectivity index (χ3n) is 2.71. The van der Waals surface area contributed by atoms with Gasteiger partial charge >= 0.3 is 0 Å². The number of rotatable bonds is 6. The van der Waals surface area contributed by atoms with Gasteiger partial charge in [-0.1, -0.05) is 27.7 Å². The Morgan fingerprint density at radius 3 is 2.60 bits per heavy atom. The molecule has 0 saturated carbocycles. The summed E-state index contributed by atoms with van der Waals surface area (Å²) in [6.07, 6.45) is 3.86. The van der Waals surface area contributed by atoms with Crippen LogP contribution in [0.4, 0.5) is 0 Å². The number of aryl methyl sites for hydroxylation is 1. The summed E-state index contributed by atoms with van der Waals surface area (Å²) in [5, 5.41) is 3.47. The summed E-state index contributed by atoms with van der Waals surface area (Å²) in [5.74, 6) is 2.41. The first-order valence-electron chi connectivity index (χ1n) is 5.84. The molecule has 86 valence electrons. The predicted octanol–water partition coefficient (Wildman–Crippen LogP) is 2.76. The Morgan fingerprint density at radius 1 is 1.40 bits per heavy atom. The lowest BCUT2D eigenvalue weighted by Crippen LogP contribution is -2.32. The summed E-state index contributed by atoms with van der Waals surface area (Å²) in [7, 11) is 0. The van der Waals surface area contributed by atoms with E-state index in [2.05, 4.69) is 38.0 Å². The van der Waals surface area contributed by atoms with E-state index in [0.717, 1.165) is 31.0 Å². The molecule has 1 atom stereocenters. The zero-order valence-corrected chi connectivity index (χ0v) is 10.2. The molecule has 15 heavy (non-hydrogen) atoms. The van der Waals surface area contributed by atoms with Gasteiger partial charge in [0, 0.05) is 12.5 Å². The zero-order valence-electron chi connectivity index (χ0n) is 10.2. The fraction of sp³-hybridized carbons (Fsp3) is 0.750. The number of hydrogen-bond acceptors (Lipinski definition) is 3. The molecule has 3 heteroatoms. The molecule has 0 radical (unpaired) electrons. The monoisotopic (exact) mass is 210 g/mol. The van der Waals surface area contributed by atoms with Crippen LogP contribution in [0, 0.1) is 5.92 Å². The minimum atomic E-state index is 0.543. The lowest BCUT2D eigenvalue weighted by Gasteiger charge is -2.19. The van der Waals surface area contributed by atoms with Crippen LogP contribution in [-0.2, 0) is 13.0 Å². The number of nitrogens with one attached hydrogen (secondary N) is 1. The first-order valence-corrected chi connectivity index (χ1v) is 5.84. The maximum Gasteiger partial charge on any atom is 0.208 e. The highest BCUT2D eigenvalue weighted by molar-refractivity contribution is 4.93. The fourth-order valence-electron chi connectivity index (χ4n) is 1.66. The minimum Gasteiger partial charge on any atom is -0.444 e. The molecule has 0 amide bonds. The summed E-state index contributed by atoms with van der Waals surface area (Å²) in [4.78, 5) is 4.22. The van der Waals surface area contributed by atoms with Crippen LogP contribution in [-0.4, -0.2) is 11.0 Å². The number of oxazole rings is 1. The van der Waals surface area contributed by atoms with E-state index in [1.807, 2.05) is 6.20 Å². The van der Waals surface area contributed by atoms with Gasteiger partial charge in [0.1, 0.15) is 5.76 Å². The third-order valence-corrected chi connectivity index (χ3v) is 2.71. The van der Waals surface area contributed by atoms with Crippen molar-refractivity contribution in [3.8, 4) is 0 Å². The highest BCUT2D eigenvalue weighted by Crippen LogP contribution is 2.08. The van der Waals surface area contributed by atoms with Gasteiger partial charge in [0.15, 0.2) is 0 Å². The van der Waals surface area contributed by atoms with Gasteiger partial charge < -0.3 is 9.73 Å². The number of aromatic nitrogens is 1. The van der Waals surface area contributed by atoms with Crippen LogP contribution < -0.4 is 5.32 Å². The lowest BCUT2D eigenvalue weighted by atomic mass is 10.0. The second-order valence-electron chi connectivity index (χ2n) is 4.21. The van der Waals surface area contributed by atoms with Crippen molar-refractivity contribution in [3.05, 3.63) is 17.8 Å². The minimum absolute atomic E-state index is 0.543. The summed E-state index contributed by atoms with van der Waals surface area (Å²) in [5.41, 5.74) is 0. The Morgan fingerprint density at radius 2 is 2.13 bits per heavy atom. The van der Waals surface area contributed by atoms with E-state index in [-0.39, 0.29) is 0 Å². The number of hydrogen-bond donors (Lipinski definition) is 1. The van der Waals surface area contributed by atoms with E-state index in [9.17, 15) is 0 Å².